The summed E-state index contributed by atoms with van der Waals surface area (Å²) in [5, 5.41) is 2.87. The maximum atomic E-state index is 12.0. The highest BCUT2D eigenvalue weighted by Gasteiger charge is 2.06. The van der Waals surface area contributed by atoms with Gasteiger partial charge in [-0.3, -0.25) is 4.79 Å². The Morgan fingerprint density at radius 1 is 0.960 bits per heavy atom. The second-order valence-corrected chi connectivity index (χ2v) is 5.50. The van der Waals surface area contributed by atoms with Gasteiger partial charge in [0.05, 0.1) is 20.3 Å². The topological polar surface area (TPSA) is 56.8 Å². The monoisotopic (exact) mass is 341 g/mol. The second kappa shape index (κ2) is 9.37. The van der Waals surface area contributed by atoms with E-state index in [-0.39, 0.29) is 11.9 Å². The summed E-state index contributed by atoms with van der Waals surface area (Å²) in [5.41, 5.74) is 0.929. The molecule has 2 aromatic rings. The number of carbonyl (C=O) groups excluding carboxylic acids is 1. The average Bonchev–Trinajstić information content (AvgIpc) is 2.65. The van der Waals surface area contributed by atoms with Gasteiger partial charge in [-0.25, -0.2) is 0 Å². The zero-order valence-electron chi connectivity index (χ0n) is 14.7. The largest absolute Gasteiger partial charge is 0.497 e. The predicted octanol–water partition coefficient (Wildman–Crippen LogP) is 3.30. The van der Waals surface area contributed by atoms with E-state index in [1.54, 1.807) is 20.3 Å². The summed E-state index contributed by atoms with van der Waals surface area (Å²) in [6, 6.07) is 14.7. The normalized spacial score (nSPS) is 11.8. The molecule has 1 amide bonds. The van der Waals surface area contributed by atoms with Crippen molar-refractivity contribution < 1.29 is 19.0 Å². The van der Waals surface area contributed by atoms with Crippen molar-refractivity contribution in [3.05, 3.63) is 60.2 Å². The third kappa shape index (κ3) is 6.22. The van der Waals surface area contributed by atoms with E-state index in [2.05, 4.69) is 5.32 Å². The van der Waals surface area contributed by atoms with E-state index in [1.807, 2.05) is 55.5 Å². The molecule has 0 bridgehead atoms. The molecular weight excluding hydrogens is 318 g/mol. The molecule has 0 radical (unpaired) electrons. The van der Waals surface area contributed by atoms with Crippen LogP contribution in [0.1, 0.15) is 12.5 Å². The zero-order valence-corrected chi connectivity index (χ0v) is 14.7. The predicted molar refractivity (Wildman–Crippen MR) is 98.1 cm³/mol. The Bertz CT molecular complexity index is 693. The van der Waals surface area contributed by atoms with E-state index >= 15 is 0 Å². The minimum Gasteiger partial charge on any atom is -0.497 e. The Hall–Kier alpha value is -2.95. The molecule has 0 saturated heterocycles. The first-order valence-electron chi connectivity index (χ1n) is 8.00. The van der Waals surface area contributed by atoms with Crippen LogP contribution < -0.4 is 19.5 Å². The molecule has 0 saturated carbocycles. The van der Waals surface area contributed by atoms with E-state index in [9.17, 15) is 4.79 Å². The van der Waals surface area contributed by atoms with Crippen LogP contribution in [-0.4, -0.2) is 32.8 Å². The van der Waals surface area contributed by atoms with Crippen LogP contribution >= 0.6 is 0 Å². The first-order chi connectivity index (χ1) is 12.1. The lowest BCUT2D eigenvalue weighted by atomic mass is 10.2. The Kier molecular flexibility index (Phi) is 6.89. The number of hydrogen-bond acceptors (Lipinski definition) is 4. The molecule has 2 aromatic carbocycles. The molecule has 0 aromatic heterocycles. The van der Waals surface area contributed by atoms with Gasteiger partial charge in [0.25, 0.3) is 0 Å². The highest BCUT2D eigenvalue weighted by molar-refractivity contribution is 5.91. The molecule has 1 N–H and O–H groups in total. The van der Waals surface area contributed by atoms with Gasteiger partial charge in [0.15, 0.2) is 0 Å². The first kappa shape index (κ1) is 18.4. The highest BCUT2D eigenvalue weighted by Crippen LogP contribution is 2.17. The summed E-state index contributed by atoms with van der Waals surface area (Å²) in [5.74, 6) is 2.13. The Morgan fingerprint density at radius 3 is 2.04 bits per heavy atom. The van der Waals surface area contributed by atoms with Crippen molar-refractivity contribution >= 4 is 12.0 Å². The van der Waals surface area contributed by atoms with Gasteiger partial charge in [0.2, 0.25) is 5.91 Å². The second-order valence-electron chi connectivity index (χ2n) is 5.50. The minimum atomic E-state index is -0.165. The van der Waals surface area contributed by atoms with E-state index in [0.717, 1.165) is 22.8 Å². The van der Waals surface area contributed by atoms with E-state index in [0.29, 0.717) is 6.61 Å². The maximum absolute atomic E-state index is 12.0. The molecule has 5 heteroatoms. The van der Waals surface area contributed by atoms with Crippen LogP contribution in [0.5, 0.6) is 17.2 Å². The van der Waals surface area contributed by atoms with Crippen molar-refractivity contribution in [1.82, 2.24) is 5.32 Å². The Labute approximate surface area is 148 Å². The molecule has 0 unspecified atom stereocenters. The summed E-state index contributed by atoms with van der Waals surface area (Å²) < 4.78 is 15.8. The third-order valence-electron chi connectivity index (χ3n) is 3.49. The van der Waals surface area contributed by atoms with Crippen molar-refractivity contribution in [2.24, 2.45) is 0 Å². The van der Waals surface area contributed by atoms with Gasteiger partial charge < -0.3 is 19.5 Å². The zero-order chi connectivity index (χ0) is 18.1. The fourth-order valence-corrected chi connectivity index (χ4v) is 2.11. The van der Waals surface area contributed by atoms with Crippen molar-refractivity contribution in [3.63, 3.8) is 0 Å². The fourth-order valence-electron chi connectivity index (χ4n) is 2.11. The van der Waals surface area contributed by atoms with Crippen LogP contribution in [0.2, 0.25) is 0 Å². The minimum absolute atomic E-state index is 0.116. The lowest BCUT2D eigenvalue weighted by molar-refractivity contribution is -0.117. The van der Waals surface area contributed by atoms with Gasteiger partial charge in [0, 0.05) is 6.08 Å². The lowest BCUT2D eigenvalue weighted by Gasteiger charge is -2.14. The van der Waals surface area contributed by atoms with Gasteiger partial charge in [-0.15, -0.1) is 0 Å². The number of carbonyl (C=O) groups is 1. The third-order valence-corrected chi connectivity index (χ3v) is 3.49. The SMILES string of the molecule is COc1ccc(/C=C/C(=O)N[C@H](C)COc2ccc(OC)cc2)cc1. The molecule has 0 aliphatic carbocycles. The molecular formula is C20H23NO4. The fraction of sp³-hybridized carbons (Fsp3) is 0.250. The van der Waals surface area contributed by atoms with Crippen LogP contribution in [0.3, 0.4) is 0 Å². The summed E-state index contributed by atoms with van der Waals surface area (Å²) in [4.78, 5) is 12.0. The number of ether oxygens (including phenoxy) is 3. The number of amides is 1. The molecule has 0 spiro atoms. The van der Waals surface area contributed by atoms with Crippen LogP contribution in [0.15, 0.2) is 54.6 Å². The molecule has 5 nitrogen and oxygen atoms in total. The summed E-state index contributed by atoms with van der Waals surface area (Å²) in [7, 11) is 3.24. The van der Waals surface area contributed by atoms with E-state index < -0.39 is 0 Å². The highest BCUT2D eigenvalue weighted by atomic mass is 16.5. The van der Waals surface area contributed by atoms with Gasteiger partial charge >= 0.3 is 0 Å². The van der Waals surface area contributed by atoms with Crippen molar-refractivity contribution in [1.29, 1.82) is 0 Å². The molecule has 2 rings (SSSR count). The molecule has 25 heavy (non-hydrogen) atoms. The summed E-state index contributed by atoms with van der Waals surface area (Å²) >= 11 is 0. The molecule has 0 aliphatic rings. The number of hydrogen-bond donors (Lipinski definition) is 1. The smallest absolute Gasteiger partial charge is 0.244 e. The maximum Gasteiger partial charge on any atom is 0.244 e. The average molecular weight is 341 g/mol. The number of nitrogens with one attached hydrogen (secondary N) is 1. The van der Waals surface area contributed by atoms with Gasteiger partial charge in [0.1, 0.15) is 23.9 Å². The van der Waals surface area contributed by atoms with Crippen LogP contribution in [0, 0.1) is 0 Å². The number of benzene rings is 2. The van der Waals surface area contributed by atoms with E-state index in [1.165, 1.54) is 6.08 Å². The quantitative estimate of drug-likeness (QED) is 0.749. The van der Waals surface area contributed by atoms with Gasteiger partial charge in [-0.1, -0.05) is 12.1 Å². The molecule has 132 valence electrons. The van der Waals surface area contributed by atoms with Crippen molar-refractivity contribution in [2.45, 2.75) is 13.0 Å². The molecule has 1 atom stereocenters. The Balaban J connectivity index is 1.77. The first-order valence-corrected chi connectivity index (χ1v) is 8.00. The van der Waals surface area contributed by atoms with Crippen LogP contribution in [-0.2, 0) is 4.79 Å². The summed E-state index contributed by atoms with van der Waals surface area (Å²) in [6.45, 7) is 2.27. The van der Waals surface area contributed by atoms with Gasteiger partial charge in [-0.05, 0) is 55.0 Å². The van der Waals surface area contributed by atoms with Gasteiger partial charge in [-0.2, -0.15) is 0 Å². The number of methoxy groups -OCH3 is 2. The molecule has 0 fully saturated rings. The standard InChI is InChI=1S/C20H23NO4/c1-15(14-25-19-11-9-18(24-3)10-12-19)21-20(22)13-6-16-4-7-17(23-2)8-5-16/h4-13,15H,14H2,1-3H3,(H,21,22)/b13-6+/t15-/m1/s1. The number of rotatable bonds is 8. The lowest BCUT2D eigenvalue weighted by Crippen LogP contribution is -2.35. The van der Waals surface area contributed by atoms with E-state index in [4.69, 9.17) is 14.2 Å². The Morgan fingerprint density at radius 2 is 1.48 bits per heavy atom. The van der Waals surface area contributed by atoms with Crippen molar-refractivity contribution in [3.8, 4) is 17.2 Å². The van der Waals surface area contributed by atoms with Crippen LogP contribution in [0.25, 0.3) is 6.08 Å². The molecule has 0 aliphatic heterocycles. The molecule has 0 heterocycles. The van der Waals surface area contributed by atoms with Crippen molar-refractivity contribution in [2.75, 3.05) is 20.8 Å². The summed E-state index contributed by atoms with van der Waals surface area (Å²) in [6.07, 6.45) is 3.26. The van der Waals surface area contributed by atoms with Crippen LogP contribution in [0.4, 0.5) is 0 Å².